The van der Waals surface area contributed by atoms with Crippen LogP contribution in [0.5, 0.6) is 5.75 Å². The van der Waals surface area contributed by atoms with Gasteiger partial charge in [0.15, 0.2) is 0 Å². The molecule has 1 aromatic heterocycles. The second kappa shape index (κ2) is 8.22. The number of fused-ring (bicyclic) bond motifs is 1. The minimum absolute atomic E-state index is 0.0168. The lowest BCUT2D eigenvalue weighted by molar-refractivity contribution is 0.122. The van der Waals surface area contributed by atoms with Crippen molar-refractivity contribution in [1.82, 2.24) is 15.1 Å². The molecular weight excluding hydrogens is 374 g/mol. The molecule has 0 spiro atoms. The van der Waals surface area contributed by atoms with Gasteiger partial charge in [-0.05, 0) is 41.7 Å². The first-order valence-corrected chi connectivity index (χ1v) is 9.19. The SMILES string of the molecule is COC(=O)Oc1cccc2[nH]n(C(=O)NCc3c(C)cccc3C(C)C)c(=O)c12. The van der Waals surface area contributed by atoms with E-state index in [1.54, 1.807) is 12.1 Å². The van der Waals surface area contributed by atoms with Gasteiger partial charge in [-0.2, -0.15) is 4.68 Å². The van der Waals surface area contributed by atoms with Gasteiger partial charge in [-0.1, -0.05) is 38.1 Å². The predicted octanol–water partition coefficient (Wildman–Crippen LogP) is 3.66. The van der Waals surface area contributed by atoms with Crippen molar-refractivity contribution in [2.45, 2.75) is 33.2 Å². The average molecular weight is 397 g/mol. The number of benzene rings is 2. The number of H-pyrrole nitrogens is 1. The Balaban J connectivity index is 1.90. The molecule has 0 unspecified atom stereocenters. The van der Waals surface area contributed by atoms with Crippen molar-refractivity contribution < 1.29 is 19.1 Å². The molecule has 0 aliphatic carbocycles. The van der Waals surface area contributed by atoms with E-state index in [1.165, 1.54) is 13.2 Å². The number of aromatic amines is 1. The third-order valence-electron chi connectivity index (χ3n) is 4.72. The third kappa shape index (κ3) is 4.01. The zero-order valence-electron chi connectivity index (χ0n) is 16.7. The number of amides is 1. The summed E-state index contributed by atoms with van der Waals surface area (Å²) in [6, 6.07) is 10.1. The van der Waals surface area contributed by atoms with E-state index < -0.39 is 17.7 Å². The monoisotopic (exact) mass is 397 g/mol. The van der Waals surface area contributed by atoms with Gasteiger partial charge in [-0.3, -0.25) is 9.89 Å². The van der Waals surface area contributed by atoms with Gasteiger partial charge in [-0.25, -0.2) is 9.59 Å². The highest BCUT2D eigenvalue weighted by Crippen LogP contribution is 2.23. The molecule has 8 nitrogen and oxygen atoms in total. The molecule has 1 amide bonds. The first-order chi connectivity index (χ1) is 13.8. The van der Waals surface area contributed by atoms with Crippen molar-refractivity contribution in [3.63, 3.8) is 0 Å². The lowest BCUT2D eigenvalue weighted by Gasteiger charge is -2.16. The summed E-state index contributed by atoms with van der Waals surface area (Å²) in [4.78, 5) is 36.8. The number of nitrogens with zero attached hydrogens (tertiary/aromatic N) is 1. The molecule has 152 valence electrons. The van der Waals surface area contributed by atoms with Gasteiger partial charge in [-0.15, -0.1) is 0 Å². The topological polar surface area (TPSA) is 102 Å². The normalized spacial score (nSPS) is 10.9. The van der Waals surface area contributed by atoms with Gasteiger partial charge >= 0.3 is 12.2 Å². The second-order valence-electron chi connectivity index (χ2n) is 6.94. The molecule has 0 atom stereocenters. The highest BCUT2D eigenvalue weighted by atomic mass is 16.7. The Labute approximate surface area is 167 Å². The Morgan fingerprint density at radius 3 is 2.59 bits per heavy atom. The van der Waals surface area contributed by atoms with Crippen LogP contribution < -0.4 is 15.6 Å². The number of hydrogen-bond donors (Lipinski definition) is 2. The van der Waals surface area contributed by atoms with Gasteiger partial charge in [0.2, 0.25) is 0 Å². The van der Waals surface area contributed by atoms with Crippen LogP contribution in [0, 0.1) is 6.92 Å². The minimum Gasteiger partial charge on any atom is -0.437 e. The van der Waals surface area contributed by atoms with Crippen LogP contribution in [0.15, 0.2) is 41.2 Å². The molecule has 0 saturated carbocycles. The molecule has 2 N–H and O–H groups in total. The highest BCUT2D eigenvalue weighted by Gasteiger charge is 2.19. The van der Waals surface area contributed by atoms with E-state index in [2.05, 4.69) is 29.0 Å². The summed E-state index contributed by atoms with van der Waals surface area (Å²) in [7, 11) is 1.17. The molecule has 0 saturated heterocycles. The van der Waals surface area contributed by atoms with Crippen molar-refractivity contribution >= 4 is 23.1 Å². The molecule has 8 heteroatoms. The number of nitrogens with one attached hydrogen (secondary N) is 2. The van der Waals surface area contributed by atoms with Crippen LogP contribution >= 0.6 is 0 Å². The van der Waals surface area contributed by atoms with Crippen LogP contribution in [-0.4, -0.2) is 29.1 Å². The average Bonchev–Trinajstić information content (AvgIpc) is 3.04. The number of aromatic nitrogens is 2. The fourth-order valence-corrected chi connectivity index (χ4v) is 3.24. The molecule has 0 radical (unpaired) electrons. The van der Waals surface area contributed by atoms with Crippen LogP contribution in [0.25, 0.3) is 10.9 Å². The van der Waals surface area contributed by atoms with Crippen LogP contribution in [0.2, 0.25) is 0 Å². The van der Waals surface area contributed by atoms with E-state index in [-0.39, 0.29) is 17.7 Å². The van der Waals surface area contributed by atoms with E-state index in [4.69, 9.17) is 4.74 Å². The molecule has 0 fully saturated rings. The molecule has 3 aromatic rings. The zero-order chi connectivity index (χ0) is 21.1. The summed E-state index contributed by atoms with van der Waals surface area (Å²) in [6.07, 6.45) is -0.949. The molecule has 2 aromatic carbocycles. The summed E-state index contributed by atoms with van der Waals surface area (Å²) < 4.78 is 10.3. The quantitative estimate of drug-likeness (QED) is 0.517. The van der Waals surface area contributed by atoms with Gasteiger partial charge < -0.3 is 14.8 Å². The Kier molecular flexibility index (Phi) is 5.72. The maximum Gasteiger partial charge on any atom is 0.513 e. The molecule has 0 aliphatic rings. The van der Waals surface area contributed by atoms with Crippen molar-refractivity contribution in [3.8, 4) is 5.75 Å². The zero-order valence-corrected chi connectivity index (χ0v) is 16.7. The van der Waals surface area contributed by atoms with Crippen molar-refractivity contribution in [2.24, 2.45) is 0 Å². The van der Waals surface area contributed by atoms with E-state index >= 15 is 0 Å². The number of carbonyl (C=O) groups is 2. The number of ether oxygens (including phenoxy) is 2. The lowest BCUT2D eigenvalue weighted by Crippen LogP contribution is -2.35. The Morgan fingerprint density at radius 2 is 1.90 bits per heavy atom. The Morgan fingerprint density at radius 1 is 1.17 bits per heavy atom. The number of methoxy groups -OCH3 is 1. The molecule has 0 bridgehead atoms. The molecule has 3 rings (SSSR count). The van der Waals surface area contributed by atoms with E-state index in [0.29, 0.717) is 11.4 Å². The molecule has 29 heavy (non-hydrogen) atoms. The predicted molar refractivity (Wildman–Crippen MR) is 108 cm³/mol. The summed E-state index contributed by atoms with van der Waals surface area (Å²) in [5, 5.41) is 5.62. The standard InChI is InChI=1S/C21H23N3O5/c1-12(2)14-8-5-7-13(3)15(14)11-22-20(26)24-19(25)18-16(23-24)9-6-10-17(18)29-21(27)28-4/h5-10,12,23H,11H2,1-4H3,(H,22,26). The maximum absolute atomic E-state index is 12.8. The molecule has 0 aliphatic heterocycles. The number of hydrogen-bond acceptors (Lipinski definition) is 5. The smallest absolute Gasteiger partial charge is 0.437 e. The van der Waals surface area contributed by atoms with Crippen molar-refractivity contribution in [1.29, 1.82) is 0 Å². The number of carbonyl (C=O) groups excluding carboxylic acids is 2. The second-order valence-corrected chi connectivity index (χ2v) is 6.94. The van der Waals surface area contributed by atoms with Gasteiger partial charge in [0.1, 0.15) is 11.1 Å². The van der Waals surface area contributed by atoms with E-state index in [9.17, 15) is 14.4 Å². The van der Waals surface area contributed by atoms with Crippen LogP contribution in [-0.2, 0) is 11.3 Å². The van der Waals surface area contributed by atoms with Crippen molar-refractivity contribution in [2.75, 3.05) is 7.11 Å². The largest absolute Gasteiger partial charge is 0.513 e. The first-order valence-electron chi connectivity index (χ1n) is 9.19. The maximum atomic E-state index is 12.8. The highest BCUT2D eigenvalue weighted by molar-refractivity contribution is 5.89. The van der Waals surface area contributed by atoms with E-state index in [1.807, 2.05) is 25.1 Å². The summed E-state index contributed by atoms with van der Waals surface area (Å²) in [5.41, 5.74) is 2.98. The Hall–Kier alpha value is -3.55. The molecule has 1 heterocycles. The summed E-state index contributed by atoms with van der Waals surface area (Å²) in [6.45, 7) is 6.45. The summed E-state index contributed by atoms with van der Waals surface area (Å²) >= 11 is 0. The van der Waals surface area contributed by atoms with Crippen LogP contribution in [0.3, 0.4) is 0 Å². The number of aryl methyl sites for hydroxylation is 1. The lowest BCUT2D eigenvalue weighted by atomic mass is 9.94. The fraction of sp³-hybridized carbons (Fsp3) is 0.286. The fourth-order valence-electron chi connectivity index (χ4n) is 3.24. The first kappa shape index (κ1) is 20.2. The van der Waals surface area contributed by atoms with Crippen LogP contribution in [0.4, 0.5) is 9.59 Å². The van der Waals surface area contributed by atoms with Crippen LogP contribution in [0.1, 0.15) is 36.5 Å². The minimum atomic E-state index is -0.949. The van der Waals surface area contributed by atoms with Gasteiger partial charge in [0, 0.05) is 6.54 Å². The Bertz CT molecular complexity index is 1130. The third-order valence-corrected chi connectivity index (χ3v) is 4.72. The number of rotatable bonds is 4. The van der Waals surface area contributed by atoms with Gasteiger partial charge in [0.25, 0.3) is 5.56 Å². The molecular formula is C21H23N3O5. The van der Waals surface area contributed by atoms with Crippen molar-refractivity contribution in [3.05, 3.63) is 63.4 Å². The summed E-state index contributed by atoms with van der Waals surface area (Å²) in [5.74, 6) is 0.318. The van der Waals surface area contributed by atoms with E-state index in [0.717, 1.165) is 21.4 Å². The van der Waals surface area contributed by atoms with Gasteiger partial charge in [0.05, 0.1) is 12.6 Å².